The second-order valence-corrected chi connectivity index (χ2v) is 4.75. The fourth-order valence-corrected chi connectivity index (χ4v) is 2.14. The first-order chi connectivity index (χ1) is 7.78. The molecule has 0 radical (unpaired) electrons. The van der Waals surface area contributed by atoms with Crippen molar-refractivity contribution in [1.29, 1.82) is 0 Å². The van der Waals surface area contributed by atoms with E-state index < -0.39 is 0 Å². The zero-order chi connectivity index (χ0) is 11.4. The van der Waals surface area contributed by atoms with Crippen molar-refractivity contribution >= 4 is 27.5 Å². The minimum Gasteiger partial charge on any atom is -0.0876 e. The lowest BCUT2D eigenvalue weighted by Gasteiger charge is -2.04. The summed E-state index contributed by atoms with van der Waals surface area (Å²) in [5, 5.41) is 1.69. The summed E-state index contributed by atoms with van der Waals surface area (Å²) >= 11 is 9.33. The van der Waals surface area contributed by atoms with Crippen molar-refractivity contribution in [3.8, 4) is 0 Å². The van der Waals surface area contributed by atoms with Crippen LogP contribution in [-0.2, 0) is 11.8 Å². The van der Waals surface area contributed by atoms with Gasteiger partial charge >= 0.3 is 0 Å². The number of hydrogen-bond donors (Lipinski definition) is 0. The van der Waals surface area contributed by atoms with Gasteiger partial charge < -0.3 is 0 Å². The molecular weight excluding hydrogens is 284 g/mol. The fraction of sp³-hybridized carbons (Fsp3) is 0.143. The zero-order valence-electron chi connectivity index (χ0n) is 8.79. The van der Waals surface area contributed by atoms with E-state index in [1.807, 2.05) is 12.1 Å². The third kappa shape index (κ3) is 3.10. The molecule has 16 heavy (non-hydrogen) atoms. The molecule has 0 spiro atoms. The molecule has 0 saturated carbocycles. The molecule has 0 amide bonds. The van der Waals surface area contributed by atoms with Gasteiger partial charge in [0.15, 0.2) is 0 Å². The van der Waals surface area contributed by atoms with Crippen molar-refractivity contribution in [1.82, 2.24) is 0 Å². The van der Waals surface area contributed by atoms with Gasteiger partial charge in [0, 0.05) is 10.4 Å². The predicted molar refractivity (Wildman–Crippen MR) is 73.3 cm³/mol. The van der Waals surface area contributed by atoms with Crippen molar-refractivity contribution in [3.05, 3.63) is 70.2 Å². The average Bonchev–Trinajstić information content (AvgIpc) is 2.32. The summed E-state index contributed by atoms with van der Waals surface area (Å²) in [5.74, 6) is 0. The van der Waals surface area contributed by atoms with E-state index in [1.54, 1.807) is 0 Å². The molecule has 0 bridgehead atoms. The van der Waals surface area contributed by atoms with Crippen molar-refractivity contribution in [2.75, 3.05) is 0 Å². The maximum absolute atomic E-state index is 5.86. The van der Waals surface area contributed by atoms with E-state index >= 15 is 0 Å². The Kier molecular flexibility index (Phi) is 4.03. The summed E-state index contributed by atoms with van der Waals surface area (Å²) < 4.78 is 0. The zero-order valence-corrected chi connectivity index (χ0v) is 11.1. The van der Waals surface area contributed by atoms with E-state index in [0.29, 0.717) is 0 Å². The van der Waals surface area contributed by atoms with Gasteiger partial charge in [0.25, 0.3) is 0 Å². The molecule has 2 aromatic rings. The van der Waals surface area contributed by atoms with Crippen LogP contribution in [0.15, 0.2) is 48.5 Å². The van der Waals surface area contributed by atoms with Gasteiger partial charge in [0.2, 0.25) is 0 Å². The Morgan fingerprint density at radius 1 is 0.875 bits per heavy atom. The first-order valence-corrected chi connectivity index (χ1v) is 6.66. The topological polar surface area (TPSA) is 0 Å². The lowest BCUT2D eigenvalue weighted by Crippen LogP contribution is -1.89. The van der Waals surface area contributed by atoms with Crippen LogP contribution in [-0.4, -0.2) is 0 Å². The summed E-state index contributed by atoms with van der Waals surface area (Å²) in [6, 6.07) is 16.6. The smallest absolute Gasteiger partial charge is 0.0406 e. The monoisotopic (exact) mass is 294 g/mol. The Morgan fingerprint density at radius 3 is 2.25 bits per heavy atom. The van der Waals surface area contributed by atoms with E-state index in [4.69, 9.17) is 11.6 Å². The van der Waals surface area contributed by atoms with Crippen LogP contribution in [0.1, 0.15) is 16.7 Å². The molecule has 0 unspecified atom stereocenters. The molecule has 0 saturated heterocycles. The third-order valence-corrected chi connectivity index (χ3v) is 3.37. The van der Waals surface area contributed by atoms with Crippen LogP contribution in [0.2, 0.25) is 5.02 Å². The number of rotatable bonds is 3. The maximum atomic E-state index is 5.86. The van der Waals surface area contributed by atoms with Crippen LogP contribution < -0.4 is 0 Å². The summed E-state index contributed by atoms with van der Waals surface area (Å²) in [5.41, 5.74) is 3.93. The Bertz CT molecular complexity index is 462. The van der Waals surface area contributed by atoms with Crippen LogP contribution >= 0.6 is 27.5 Å². The summed E-state index contributed by atoms with van der Waals surface area (Å²) in [7, 11) is 0. The Hall–Kier alpha value is -0.790. The molecule has 2 heteroatoms. The molecule has 0 aliphatic rings. The highest BCUT2D eigenvalue weighted by atomic mass is 79.9. The first-order valence-electron chi connectivity index (χ1n) is 5.16. The quantitative estimate of drug-likeness (QED) is 0.712. The highest BCUT2D eigenvalue weighted by molar-refractivity contribution is 9.08. The van der Waals surface area contributed by atoms with E-state index in [1.165, 1.54) is 16.7 Å². The third-order valence-electron chi connectivity index (χ3n) is 2.47. The number of alkyl halides is 1. The second-order valence-electron chi connectivity index (χ2n) is 3.76. The molecule has 2 aromatic carbocycles. The Morgan fingerprint density at radius 2 is 1.56 bits per heavy atom. The molecule has 0 aliphatic carbocycles. The van der Waals surface area contributed by atoms with Crippen LogP contribution in [0.3, 0.4) is 0 Å². The lowest BCUT2D eigenvalue weighted by atomic mass is 10.0. The van der Waals surface area contributed by atoms with E-state index in [-0.39, 0.29) is 0 Å². The lowest BCUT2D eigenvalue weighted by molar-refractivity contribution is 1.18. The molecule has 0 aromatic heterocycles. The molecular formula is C14H12BrCl. The Balaban J connectivity index is 2.16. The minimum atomic E-state index is 0.790. The van der Waals surface area contributed by atoms with E-state index in [2.05, 4.69) is 52.3 Å². The number of halogens is 2. The van der Waals surface area contributed by atoms with Gasteiger partial charge in [0.05, 0.1) is 0 Å². The standard InChI is InChI=1S/C14H12BrCl/c15-10-13-3-1-2-12(9-13)8-11-4-6-14(16)7-5-11/h1-7,9H,8,10H2. The van der Waals surface area contributed by atoms with Crippen LogP contribution in [0.4, 0.5) is 0 Å². The second kappa shape index (κ2) is 5.51. The highest BCUT2D eigenvalue weighted by Gasteiger charge is 1.98. The summed E-state index contributed by atoms with van der Waals surface area (Å²) in [6.07, 6.45) is 0.956. The van der Waals surface area contributed by atoms with Crippen molar-refractivity contribution in [3.63, 3.8) is 0 Å². The van der Waals surface area contributed by atoms with Gasteiger partial charge in [-0.25, -0.2) is 0 Å². The normalized spacial score (nSPS) is 10.4. The molecule has 2 rings (SSSR count). The van der Waals surface area contributed by atoms with Crippen LogP contribution in [0.5, 0.6) is 0 Å². The summed E-state index contributed by atoms with van der Waals surface area (Å²) in [4.78, 5) is 0. The first kappa shape index (κ1) is 11.7. The largest absolute Gasteiger partial charge is 0.0876 e. The van der Waals surface area contributed by atoms with Gasteiger partial charge in [-0.1, -0.05) is 63.9 Å². The van der Waals surface area contributed by atoms with Crippen molar-refractivity contribution in [2.24, 2.45) is 0 Å². The minimum absolute atomic E-state index is 0.790. The Labute approximate surface area is 109 Å². The van der Waals surface area contributed by atoms with Crippen LogP contribution in [0.25, 0.3) is 0 Å². The molecule has 0 aliphatic heterocycles. The van der Waals surface area contributed by atoms with Gasteiger partial charge in [-0.05, 0) is 35.2 Å². The number of benzene rings is 2. The van der Waals surface area contributed by atoms with Gasteiger partial charge in [0.1, 0.15) is 0 Å². The fourth-order valence-electron chi connectivity index (χ4n) is 1.66. The summed E-state index contributed by atoms with van der Waals surface area (Å²) in [6.45, 7) is 0. The molecule has 0 heterocycles. The van der Waals surface area contributed by atoms with E-state index in [0.717, 1.165) is 16.8 Å². The maximum Gasteiger partial charge on any atom is 0.0406 e. The van der Waals surface area contributed by atoms with Gasteiger partial charge in [-0.3, -0.25) is 0 Å². The molecule has 0 nitrogen and oxygen atoms in total. The van der Waals surface area contributed by atoms with Crippen molar-refractivity contribution in [2.45, 2.75) is 11.8 Å². The van der Waals surface area contributed by atoms with Gasteiger partial charge in [-0.15, -0.1) is 0 Å². The van der Waals surface area contributed by atoms with Crippen molar-refractivity contribution < 1.29 is 0 Å². The van der Waals surface area contributed by atoms with E-state index in [9.17, 15) is 0 Å². The highest BCUT2D eigenvalue weighted by Crippen LogP contribution is 2.15. The molecule has 0 N–H and O–H groups in total. The molecule has 0 atom stereocenters. The molecule has 82 valence electrons. The van der Waals surface area contributed by atoms with Crippen LogP contribution in [0, 0.1) is 0 Å². The number of hydrogen-bond acceptors (Lipinski definition) is 0. The predicted octanol–water partition coefficient (Wildman–Crippen LogP) is 4.83. The SMILES string of the molecule is Clc1ccc(Cc2cccc(CBr)c2)cc1. The average molecular weight is 296 g/mol. The van der Waals surface area contributed by atoms with Gasteiger partial charge in [-0.2, -0.15) is 0 Å². The molecule has 0 fully saturated rings.